The van der Waals surface area contributed by atoms with Crippen molar-refractivity contribution in [2.45, 2.75) is 51.3 Å². The Labute approximate surface area is 204 Å². The van der Waals surface area contributed by atoms with Crippen LogP contribution in [0, 0.1) is 0 Å². The van der Waals surface area contributed by atoms with Gasteiger partial charge in [-0.15, -0.1) is 0 Å². The summed E-state index contributed by atoms with van der Waals surface area (Å²) in [7, 11) is 0. The number of hydrogen-bond acceptors (Lipinski definition) is 7. The van der Waals surface area contributed by atoms with E-state index < -0.39 is 5.60 Å². The number of fused-ring (bicyclic) bond motifs is 1. The third kappa shape index (κ3) is 4.47. The van der Waals surface area contributed by atoms with Crippen LogP contribution in [0.15, 0.2) is 30.6 Å². The molecule has 0 bridgehead atoms. The summed E-state index contributed by atoms with van der Waals surface area (Å²) in [5.41, 5.74) is -0.443. The molecule has 1 aromatic carbocycles. The highest BCUT2D eigenvalue weighted by molar-refractivity contribution is 6.30. The van der Waals surface area contributed by atoms with Crippen LogP contribution in [0.25, 0.3) is 0 Å². The lowest BCUT2D eigenvalue weighted by Gasteiger charge is -2.44. The molecule has 1 unspecified atom stereocenters. The number of carbonyl (C=O) groups is 2. The first-order valence-corrected chi connectivity index (χ1v) is 11.9. The van der Waals surface area contributed by atoms with Crippen LogP contribution in [-0.2, 0) is 15.2 Å². The standard InChI is InChI=1S/C24H31ClN6O3/c1-14(2)26-12-24(34,17-5-7-18(25)8-6-17)23(33)31-10-9-30(11-15(31)3)21-19-16(4)22(32)29-20(19)27-13-28-21/h5-8,13-16,26,34H,9-12H2,1-4H3,(H,27,28,29,32)/t15-,16?,24+/m1/s1. The summed E-state index contributed by atoms with van der Waals surface area (Å²) in [6, 6.07) is 6.65. The van der Waals surface area contributed by atoms with Gasteiger partial charge in [0.1, 0.15) is 18.0 Å². The molecule has 10 heteroatoms. The third-order valence-electron chi connectivity index (χ3n) is 6.56. The number of halogens is 1. The minimum Gasteiger partial charge on any atom is -0.374 e. The Hall–Kier alpha value is -2.75. The second-order valence-electron chi connectivity index (χ2n) is 9.37. The molecule has 1 fully saturated rings. The van der Waals surface area contributed by atoms with Crippen molar-refractivity contribution >= 4 is 35.1 Å². The molecule has 3 N–H and O–H groups in total. The van der Waals surface area contributed by atoms with E-state index in [9.17, 15) is 14.7 Å². The second kappa shape index (κ2) is 9.48. The topological polar surface area (TPSA) is 111 Å². The maximum atomic E-state index is 13.8. The number of amides is 2. The van der Waals surface area contributed by atoms with Crippen LogP contribution >= 0.6 is 11.6 Å². The van der Waals surface area contributed by atoms with Gasteiger partial charge < -0.3 is 25.5 Å². The van der Waals surface area contributed by atoms with E-state index in [2.05, 4.69) is 25.5 Å². The number of anilines is 2. The van der Waals surface area contributed by atoms with E-state index in [-0.39, 0.29) is 36.4 Å². The molecule has 1 aromatic heterocycles. The van der Waals surface area contributed by atoms with Crippen LogP contribution in [0.2, 0.25) is 5.02 Å². The molecule has 9 nitrogen and oxygen atoms in total. The molecular weight excluding hydrogens is 456 g/mol. The minimum atomic E-state index is -1.73. The summed E-state index contributed by atoms with van der Waals surface area (Å²) in [5, 5.41) is 18.2. The van der Waals surface area contributed by atoms with E-state index in [4.69, 9.17) is 11.6 Å². The Kier molecular flexibility index (Phi) is 6.80. The van der Waals surface area contributed by atoms with Crippen LogP contribution in [0.5, 0.6) is 0 Å². The second-order valence-corrected chi connectivity index (χ2v) is 9.80. The first-order valence-electron chi connectivity index (χ1n) is 11.6. The maximum absolute atomic E-state index is 13.8. The Morgan fingerprint density at radius 2 is 1.97 bits per heavy atom. The lowest BCUT2D eigenvalue weighted by atomic mass is 9.90. The quantitative estimate of drug-likeness (QED) is 0.573. The van der Waals surface area contributed by atoms with Crippen molar-refractivity contribution in [3.8, 4) is 0 Å². The van der Waals surface area contributed by atoms with Gasteiger partial charge in [0, 0.05) is 48.8 Å². The Bertz CT molecular complexity index is 1080. The molecule has 0 spiro atoms. The fraction of sp³-hybridized carbons (Fsp3) is 0.500. The summed E-state index contributed by atoms with van der Waals surface area (Å²) < 4.78 is 0. The normalized spacial score (nSPS) is 21.9. The van der Waals surface area contributed by atoms with Gasteiger partial charge in [0.25, 0.3) is 5.91 Å². The molecule has 2 aliphatic heterocycles. The summed E-state index contributed by atoms with van der Waals surface area (Å²) >= 11 is 6.04. The number of piperazine rings is 1. The SMILES string of the molecule is CC(C)NC[C@@](O)(C(=O)N1CCN(c2ncnc3c2C(C)C(=O)N3)C[C@H]1C)c1ccc(Cl)cc1. The Balaban J connectivity index is 1.57. The van der Waals surface area contributed by atoms with Crippen molar-refractivity contribution in [2.75, 3.05) is 36.4 Å². The van der Waals surface area contributed by atoms with Gasteiger partial charge in [-0.25, -0.2) is 9.97 Å². The van der Waals surface area contributed by atoms with E-state index >= 15 is 0 Å². The fourth-order valence-electron chi connectivity index (χ4n) is 4.56. The predicted molar refractivity (Wildman–Crippen MR) is 131 cm³/mol. The molecule has 1 saturated heterocycles. The van der Waals surface area contributed by atoms with Crippen molar-refractivity contribution in [1.82, 2.24) is 20.2 Å². The van der Waals surface area contributed by atoms with Gasteiger partial charge in [0.05, 0.1) is 5.92 Å². The smallest absolute Gasteiger partial charge is 0.260 e. The lowest BCUT2D eigenvalue weighted by Crippen LogP contribution is -2.61. The molecule has 2 aliphatic rings. The van der Waals surface area contributed by atoms with E-state index in [1.54, 1.807) is 29.2 Å². The number of benzene rings is 1. The highest BCUT2D eigenvalue weighted by atomic mass is 35.5. The van der Waals surface area contributed by atoms with Gasteiger partial charge in [-0.2, -0.15) is 0 Å². The summed E-state index contributed by atoms with van der Waals surface area (Å²) in [6.07, 6.45) is 1.45. The van der Waals surface area contributed by atoms with Gasteiger partial charge in [-0.3, -0.25) is 9.59 Å². The monoisotopic (exact) mass is 486 g/mol. The molecule has 182 valence electrons. The maximum Gasteiger partial charge on any atom is 0.260 e. The predicted octanol–water partition coefficient (Wildman–Crippen LogP) is 2.11. The fourth-order valence-corrected chi connectivity index (χ4v) is 4.69. The Morgan fingerprint density at radius 1 is 1.26 bits per heavy atom. The molecule has 2 aromatic rings. The molecule has 0 saturated carbocycles. The average molecular weight is 487 g/mol. The number of aliphatic hydroxyl groups is 1. The van der Waals surface area contributed by atoms with Crippen LogP contribution in [0.4, 0.5) is 11.6 Å². The van der Waals surface area contributed by atoms with Crippen LogP contribution < -0.4 is 15.5 Å². The van der Waals surface area contributed by atoms with Gasteiger partial charge >= 0.3 is 0 Å². The van der Waals surface area contributed by atoms with Gasteiger partial charge in [0.15, 0.2) is 5.60 Å². The molecule has 2 amide bonds. The highest BCUT2D eigenvalue weighted by Crippen LogP contribution is 2.37. The molecule has 4 rings (SSSR count). The first-order chi connectivity index (χ1) is 16.1. The van der Waals surface area contributed by atoms with Crippen molar-refractivity contribution in [2.24, 2.45) is 0 Å². The van der Waals surface area contributed by atoms with Gasteiger partial charge in [-0.1, -0.05) is 37.6 Å². The first kappa shape index (κ1) is 24.4. The third-order valence-corrected chi connectivity index (χ3v) is 6.81. The number of nitrogens with one attached hydrogen (secondary N) is 2. The number of aromatic nitrogens is 2. The highest BCUT2D eigenvalue weighted by Gasteiger charge is 2.44. The molecule has 0 aliphatic carbocycles. The van der Waals surface area contributed by atoms with Crippen LogP contribution in [0.1, 0.15) is 44.7 Å². The van der Waals surface area contributed by atoms with Crippen LogP contribution in [0.3, 0.4) is 0 Å². The minimum absolute atomic E-state index is 0.0861. The summed E-state index contributed by atoms with van der Waals surface area (Å²) in [4.78, 5) is 38.4. The van der Waals surface area contributed by atoms with Gasteiger partial charge in [-0.05, 0) is 31.5 Å². The van der Waals surface area contributed by atoms with E-state index in [1.165, 1.54) is 6.33 Å². The van der Waals surface area contributed by atoms with Crippen molar-refractivity contribution < 1.29 is 14.7 Å². The number of carbonyl (C=O) groups excluding carboxylic acids is 2. The molecular formula is C24H31ClN6O3. The number of nitrogens with zero attached hydrogens (tertiary/aromatic N) is 4. The molecule has 0 radical (unpaired) electrons. The van der Waals surface area contributed by atoms with E-state index in [0.717, 1.165) is 5.56 Å². The van der Waals surface area contributed by atoms with E-state index in [1.807, 2.05) is 27.7 Å². The lowest BCUT2D eigenvalue weighted by molar-refractivity contribution is -0.155. The van der Waals surface area contributed by atoms with Crippen molar-refractivity contribution in [3.63, 3.8) is 0 Å². The van der Waals surface area contributed by atoms with Crippen molar-refractivity contribution in [1.29, 1.82) is 0 Å². The molecule has 3 atom stereocenters. The number of hydrogen-bond donors (Lipinski definition) is 3. The van der Waals surface area contributed by atoms with Crippen LogP contribution in [-0.4, -0.2) is 70.1 Å². The zero-order chi connectivity index (χ0) is 24.6. The molecule has 3 heterocycles. The van der Waals surface area contributed by atoms with Crippen molar-refractivity contribution in [3.05, 3.63) is 46.7 Å². The van der Waals surface area contributed by atoms with E-state index in [0.29, 0.717) is 41.9 Å². The zero-order valence-electron chi connectivity index (χ0n) is 19.9. The van der Waals surface area contributed by atoms with Gasteiger partial charge in [0.2, 0.25) is 5.91 Å². The number of rotatable bonds is 6. The summed E-state index contributed by atoms with van der Waals surface area (Å²) in [6.45, 7) is 9.26. The summed E-state index contributed by atoms with van der Waals surface area (Å²) in [5.74, 6) is 0.477. The Morgan fingerprint density at radius 3 is 2.62 bits per heavy atom. The average Bonchev–Trinajstić information content (AvgIpc) is 3.11. The molecule has 34 heavy (non-hydrogen) atoms. The largest absolute Gasteiger partial charge is 0.374 e. The zero-order valence-corrected chi connectivity index (χ0v) is 20.6.